The summed E-state index contributed by atoms with van der Waals surface area (Å²) in [5.74, 6) is 0.842. The van der Waals surface area contributed by atoms with E-state index in [9.17, 15) is 0 Å². The predicted octanol–water partition coefficient (Wildman–Crippen LogP) is 3.90. The Morgan fingerprint density at radius 1 is 1.11 bits per heavy atom. The van der Waals surface area contributed by atoms with Crippen LogP contribution < -0.4 is 10.5 Å². The van der Waals surface area contributed by atoms with Gasteiger partial charge in [0, 0.05) is 16.6 Å². The summed E-state index contributed by atoms with van der Waals surface area (Å²) in [6.45, 7) is 2.50. The molecule has 1 heterocycles. The molecule has 0 fully saturated rings. The zero-order chi connectivity index (χ0) is 13.2. The molecule has 0 saturated heterocycles. The lowest BCUT2D eigenvalue weighted by Crippen LogP contribution is -1.96. The van der Waals surface area contributed by atoms with E-state index in [-0.39, 0.29) is 0 Å². The monoisotopic (exact) mass is 253 g/mol. The first-order valence-corrected chi connectivity index (χ1v) is 6.18. The largest absolute Gasteiger partial charge is 0.489 e. The van der Waals surface area contributed by atoms with Gasteiger partial charge in [0.2, 0.25) is 0 Å². The number of nitrogens with two attached hydrogens (primary N) is 1. The number of anilines is 1. The van der Waals surface area contributed by atoms with Gasteiger partial charge in [-0.3, -0.25) is 0 Å². The lowest BCUT2D eigenvalue weighted by molar-refractivity contribution is 0.306. The van der Waals surface area contributed by atoms with Gasteiger partial charge in [0.05, 0.1) is 6.26 Å². The number of rotatable bonds is 3. The number of hydrogen-bond donors (Lipinski definition) is 1. The molecule has 2 aromatic carbocycles. The van der Waals surface area contributed by atoms with Crippen LogP contribution in [0.1, 0.15) is 11.1 Å². The summed E-state index contributed by atoms with van der Waals surface area (Å²) in [4.78, 5) is 0. The van der Waals surface area contributed by atoms with E-state index in [0.29, 0.717) is 12.3 Å². The van der Waals surface area contributed by atoms with Crippen LogP contribution in [0.25, 0.3) is 11.0 Å². The van der Waals surface area contributed by atoms with Crippen LogP contribution in [-0.4, -0.2) is 0 Å². The van der Waals surface area contributed by atoms with Crippen LogP contribution in [0.4, 0.5) is 5.69 Å². The fourth-order valence-electron chi connectivity index (χ4n) is 2.09. The standard InChI is InChI=1S/C16H15NO2/c1-11-5-7-13(8-6-11)18-9-12-10-19-15-4-2-3-14(17)16(12)15/h2-8,10H,9,17H2,1H3. The SMILES string of the molecule is Cc1ccc(OCc2coc3cccc(N)c23)cc1. The van der Waals surface area contributed by atoms with E-state index in [4.69, 9.17) is 14.9 Å². The smallest absolute Gasteiger partial charge is 0.136 e. The van der Waals surface area contributed by atoms with Gasteiger partial charge in [-0.1, -0.05) is 23.8 Å². The average molecular weight is 253 g/mol. The number of benzene rings is 2. The van der Waals surface area contributed by atoms with Crippen molar-refractivity contribution in [3.05, 3.63) is 59.9 Å². The van der Waals surface area contributed by atoms with E-state index >= 15 is 0 Å². The van der Waals surface area contributed by atoms with Crippen LogP contribution in [0.5, 0.6) is 5.75 Å². The Hall–Kier alpha value is -2.42. The molecule has 0 bridgehead atoms. The maximum atomic E-state index is 5.97. The zero-order valence-corrected chi connectivity index (χ0v) is 10.7. The third-order valence-corrected chi connectivity index (χ3v) is 3.12. The molecule has 1 aromatic heterocycles. The third-order valence-electron chi connectivity index (χ3n) is 3.12. The van der Waals surface area contributed by atoms with Crippen LogP contribution in [0.15, 0.2) is 53.1 Å². The summed E-state index contributed by atoms with van der Waals surface area (Å²) >= 11 is 0. The number of fused-ring (bicyclic) bond motifs is 1. The molecule has 3 rings (SSSR count). The molecule has 0 aliphatic rings. The number of hydrogen-bond acceptors (Lipinski definition) is 3. The van der Waals surface area contributed by atoms with E-state index in [1.165, 1.54) is 5.56 Å². The van der Waals surface area contributed by atoms with E-state index in [2.05, 4.69) is 0 Å². The number of nitrogen functional groups attached to an aromatic ring is 1. The maximum Gasteiger partial charge on any atom is 0.136 e. The Bertz CT molecular complexity index is 698. The first-order chi connectivity index (χ1) is 9.24. The van der Waals surface area contributed by atoms with Crippen molar-refractivity contribution in [2.24, 2.45) is 0 Å². The zero-order valence-electron chi connectivity index (χ0n) is 10.7. The molecule has 3 nitrogen and oxygen atoms in total. The van der Waals surface area contributed by atoms with Crippen LogP contribution >= 0.6 is 0 Å². The number of ether oxygens (including phenoxy) is 1. The van der Waals surface area contributed by atoms with Crippen LogP contribution in [0.3, 0.4) is 0 Å². The highest BCUT2D eigenvalue weighted by Gasteiger charge is 2.09. The van der Waals surface area contributed by atoms with Gasteiger partial charge in [0.25, 0.3) is 0 Å². The van der Waals surface area contributed by atoms with Crippen molar-refractivity contribution >= 4 is 16.7 Å². The maximum absolute atomic E-state index is 5.97. The molecule has 3 aromatic rings. The molecule has 0 aliphatic heterocycles. The molecule has 3 heteroatoms. The Balaban J connectivity index is 1.84. The van der Waals surface area contributed by atoms with Crippen molar-refractivity contribution in [2.45, 2.75) is 13.5 Å². The van der Waals surface area contributed by atoms with Gasteiger partial charge in [0.1, 0.15) is 17.9 Å². The molecule has 0 unspecified atom stereocenters. The van der Waals surface area contributed by atoms with Gasteiger partial charge >= 0.3 is 0 Å². The van der Waals surface area contributed by atoms with E-state index in [0.717, 1.165) is 22.3 Å². The quantitative estimate of drug-likeness (QED) is 0.720. The molecule has 0 saturated carbocycles. The van der Waals surface area contributed by atoms with Crippen molar-refractivity contribution in [3.8, 4) is 5.75 Å². The topological polar surface area (TPSA) is 48.4 Å². The molecule has 19 heavy (non-hydrogen) atoms. The highest BCUT2D eigenvalue weighted by atomic mass is 16.5. The van der Waals surface area contributed by atoms with Crippen LogP contribution in [0, 0.1) is 6.92 Å². The van der Waals surface area contributed by atoms with Crippen molar-refractivity contribution in [1.82, 2.24) is 0 Å². The molecule has 0 aliphatic carbocycles. The van der Waals surface area contributed by atoms with Gasteiger partial charge in [-0.2, -0.15) is 0 Å². The van der Waals surface area contributed by atoms with Gasteiger partial charge in [0.15, 0.2) is 0 Å². The molecule has 0 amide bonds. The first-order valence-electron chi connectivity index (χ1n) is 6.18. The van der Waals surface area contributed by atoms with Crippen LogP contribution in [0.2, 0.25) is 0 Å². The normalized spacial score (nSPS) is 10.8. The Labute approximate surface area is 111 Å². The summed E-state index contributed by atoms with van der Waals surface area (Å²) < 4.78 is 11.2. The molecule has 96 valence electrons. The summed E-state index contributed by atoms with van der Waals surface area (Å²) in [5.41, 5.74) is 9.66. The summed E-state index contributed by atoms with van der Waals surface area (Å²) in [7, 11) is 0. The average Bonchev–Trinajstić information content (AvgIpc) is 2.83. The molecule has 2 N–H and O–H groups in total. The lowest BCUT2D eigenvalue weighted by Gasteiger charge is -2.05. The van der Waals surface area contributed by atoms with Gasteiger partial charge < -0.3 is 14.9 Å². The van der Waals surface area contributed by atoms with Crippen molar-refractivity contribution in [2.75, 3.05) is 5.73 Å². The second-order valence-electron chi connectivity index (χ2n) is 4.58. The third kappa shape index (κ3) is 2.27. The second kappa shape index (κ2) is 4.69. The minimum atomic E-state index is 0.449. The van der Waals surface area contributed by atoms with Gasteiger partial charge in [-0.15, -0.1) is 0 Å². The highest BCUT2D eigenvalue weighted by molar-refractivity contribution is 5.92. The highest BCUT2D eigenvalue weighted by Crippen LogP contribution is 2.27. The minimum absolute atomic E-state index is 0.449. The van der Waals surface area contributed by atoms with Crippen molar-refractivity contribution in [3.63, 3.8) is 0 Å². The van der Waals surface area contributed by atoms with E-state index in [1.54, 1.807) is 6.26 Å². The number of aryl methyl sites for hydroxylation is 1. The van der Waals surface area contributed by atoms with E-state index < -0.39 is 0 Å². The van der Waals surface area contributed by atoms with Gasteiger partial charge in [-0.05, 0) is 31.2 Å². The van der Waals surface area contributed by atoms with Crippen LogP contribution in [-0.2, 0) is 6.61 Å². The van der Waals surface area contributed by atoms with Gasteiger partial charge in [-0.25, -0.2) is 0 Å². The van der Waals surface area contributed by atoms with Crippen molar-refractivity contribution in [1.29, 1.82) is 0 Å². The molecule has 0 atom stereocenters. The second-order valence-corrected chi connectivity index (χ2v) is 4.58. The Morgan fingerprint density at radius 3 is 2.68 bits per heavy atom. The summed E-state index contributed by atoms with van der Waals surface area (Å²) in [6.07, 6.45) is 1.70. The lowest BCUT2D eigenvalue weighted by atomic mass is 10.1. The molecular formula is C16H15NO2. The molecular weight excluding hydrogens is 238 g/mol. The Kier molecular flexibility index (Phi) is 2.88. The summed E-state index contributed by atoms with van der Waals surface area (Å²) in [6, 6.07) is 13.6. The molecule has 0 spiro atoms. The van der Waals surface area contributed by atoms with Crippen molar-refractivity contribution < 1.29 is 9.15 Å². The fraction of sp³-hybridized carbons (Fsp3) is 0.125. The minimum Gasteiger partial charge on any atom is -0.489 e. The summed E-state index contributed by atoms with van der Waals surface area (Å²) in [5, 5.41) is 0.939. The first kappa shape index (κ1) is 11.7. The number of furan rings is 1. The molecule has 0 radical (unpaired) electrons. The Morgan fingerprint density at radius 2 is 1.89 bits per heavy atom. The predicted molar refractivity (Wildman–Crippen MR) is 76.1 cm³/mol. The van der Waals surface area contributed by atoms with E-state index in [1.807, 2.05) is 49.4 Å². The fourth-order valence-corrected chi connectivity index (χ4v) is 2.09.